The van der Waals surface area contributed by atoms with Crippen LogP contribution in [-0.4, -0.2) is 5.91 Å². The van der Waals surface area contributed by atoms with Crippen LogP contribution in [0, 0.1) is 19.7 Å². The molecule has 0 aliphatic heterocycles. The van der Waals surface area contributed by atoms with Gasteiger partial charge >= 0.3 is 0 Å². The van der Waals surface area contributed by atoms with Gasteiger partial charge in [0.05, 0.1) is 0 Å². The quantitative estimate of drug-likeness (QED) is 0.856. The van der Waals surface area contributed by atoms with Gasteiger partial charge in [0.15, 0.2) is 0 Å². The second kappa shape index (κ2) is 5.00. The van der Waals surface area contributed by atoms with Crippen LogP contribution in [0.15, 0.2) is 42.5 Å². The topological polar surface area (TPSA) is 29.1 Å². The molecule has 2 nitrogen and oxygen atoms in total. The monoisotopic (exact) mass is 243 g/mol. The van der Waals surface area contributed by atoms with E-state index in [9.17, 15) is 9.18 Å². The first-order valence-electron chi connectivity index (χ1n) is 5.70. The number of carbonyl (C=O) groups excluding carboxylic acids is 1. The first-order valence-corrected chi connectivity index (χ1v) is 5.70. The maximum atomic E-state index is 13.1. The Morgan fingerprint density at radius 3 is 2.61 bits per heavy atom. The summed E-state index contributed by atoms with van der Waals surface area (Å²) in [5, 5.41) is 2.72. The summed E-state index contributed by atoms with van der Waals surface area (Å²) >= 11 is 0. The van der Waals surface area contributed by atoms with E-state index >= 15 is 0 Å². The molecule has 0 bridgehead atoms. The molecule has 0 saturated heterocycles. The molecule has 0 fully saturated rings. The van der Waals surface area contributed by atoms with E-state index in [1.807, 2.05) is 26.0 Å². The van der Waals surface area contributed by atoms with Gasteiger partial charge in [0.2, 0.25) is 0 Å². The Labute approximate surface area is 105 Å². The molecule has 0 aliphatic carbocycles. The molecule has 0 radical (unpaired) electrons. The summed E-state index contributed by atoms with van der Waals surface area (Å²) in [6, 6.07) is 11.6. The van der Waals surface area contributed by atoms with Crippen LogP contribution in [0.2, 0.25) is 0 Å². The van der Waals surface area contributed by atoms with Gasteiger partial charge < -0.3 is 5.32 Å². The molecule has 0 atom stereocenters. The van der Waals surface area contributed by atoms with Gasteiger partial charge in [-0.05, 0) is 43.7 Å². The Kier molecular flexibility index (Phi) is 3.42. The summed E-state index contributed by atoms with van der Waals surface area (Å²) in [5.74, 6) is -0.590. The predicted octanol–water partition coefficient (Wildman–Crippen LogP) is 3.69. The van der Waals surface area contributed by atoms with Gasteiger partial charge in [0.25, 0.3) is 5.91 Å². The third-order valence-electron chi connectivity index (χ3n) is 2.73. The van der Waals surface area contributed by atoms with Gasteiger partial charge in [0.1, 0.15) is 5.82 Å². The van der Waals surface area contributed by atoms with E-state index < -0.39 is 0 Å². The van der Waals surface area contributed by atoms with Crippen LogP contribution < -0.4 is 5.32 Å². The van der Waals surface area contributed by atoms with Gasteiger partial charge in [-0.2, -0.15) is 0 Å². The number of carbonyl (C=O) groups is 1. The molecule has 1 N–H and O–H groups in total. The summed E-state index contributed by atoms with van der Waals surface area (Å²) in [6.07, 6.45) is 0. The van der Waals surface area contributed by atoms with E-state index in [1.165, 1.54) is 12.1 Å². The molecular weight excluding hydrogens is 229 g/mol. The van der Waals surface area contributed by atoms with Crippen LogP contribution in [0.1, 0.15) is 21.5 Å². The summed E-state index contributed by atoms with van der Waals surface area (Å²) in [4.78, 5) is 12.0. The van der Waals surface area contributed by atoms with Crippen LogP contribution in [0.4, 0.5) is 10.1 Å². The molecule has 0 saturated carbocycles. The average Bonchev–Trinajstić information content (AvgIpc) is 2.34. The summed E-state index contributed by atoms with van der Waals surface area (Å²) in [6.45, 7) is 3.75. The Bertz CT molecular complexity index is 593. The minimum Gasteiger partial charge on any atom is -0.322 e. The lowest BCUT2D eigenvalue weighted by atomic mass is 10.1. The minimum absolute atomic E-state index is 0.229. The number of rotatable bonds is 2. The molecule has 92 valence electrons. The van der Waals surface area contributed by atoms with Gasteiger partial charge in [-0.25, -0.2) is 4.39 Å². The van der Waals surface area contributed by atoms with E-state index in [0.29, 0.717) is 11.3 Å². The maximum absolute atomic E-state index is 13.1. The molecule has 0 spiro atoms. The number of halogens is 1. The smallest absolute Gasteiger partial charge is 0.255 e. The fraction of sp³-hybridized carbons (Fsp3) is 0.133. The molecule has 0 heterocycles. The van der Waals surface area contributed by atoms with Gasteiger partial charge in [-0.1, -0.05) is 23.8 Å². The number of nitrogens with one attached hydrogen (secondary N) is 1. The summed E-state index contributed by atoms with van der Waals surface area (Å²) in [5.41, 5.74) is 2.91. The fourth-order valence-corrected chi connectivity index (χ4v) is 1.71. The molecule has 0 unspecified atom stereocenters. The van der Waals surface area contributed by atoms with Crippen molar-refractivity contribution >= 4 is 11.6 Å². The number of aryl methyl sites for hydroxylation is 2. The lowest BCUT2D eigenvalue weighted by molar-refractivity contribution is 0.102. The number of hydrogen-bond acceptors (Lipinski definition) is 1. The number of benzene rings is 2. The van der Waals surface area contributed by atoms with Crippen molar-refractivity contribution in [1.82, 2.24) is 0 Å². The van der Waals surface area contributed by atoms with Crippen molar-refractivity contribution in [1.29, 1.82) is 0 Å². The fourth-order valence-electron chi connectivity index (χ4n) is 1.71. The molecule has 3 heteroatoms. The zero-order valence-electron chi connectivity index (χ0n) is 10.3. The molecular formula is C15H14FNO. The number of amides is 1. The maximum Gasteiger partial charge on any atom is 0.255 e. The summed E-state index contributed by atoms with van der Waals surface area (Å²) < 4.78 is 13.1. The third-order valence-corrected chi connectivity index (χ3v) is 2.73. The van der Waals surface area contributed by atoms with Crippen LogP contribution >= 0.6 is 0 Å². The molecule has 18 heavy (non-hydrogen) atoms. The highest BCUT2D eigenvalue weighted by molar-refractivity contribution is 6.04. The van der Waals surface area contributed by atoms with Crippen molar-refractivity contribution in [2.24, 2.45) is 0 Å². The highest BCUT2D eigenvalue weighted by Crippen LogP contribution is 2.17. The second-order valence-corrected chi connectivity index (χ2v) is 4.28. The molecule has 0 aromatic heterocycles. The largest absolute Gasteiger partial charge is 0.322 e. The number of anilines is 1. The second-order valence-electron chi connectivity index (χ2n) is 4.28. The zero-order chi connectivity index (χ0) is 13.1. The predicted molar refractivity (Wildman–Crippen MR) is 70.3 cm³/mol. The van der Waals surface area contributed by atoms with Crippen molar-refractivity contribution < 1.29 is 9.18 Å². The number of hydrogen-bond donors (Lipinski definition) is 1. The first-order chi connectivity index (χ1) is 8.56. The Morgan fingerprint density at radius 2 is 1.89 bits per heavy atom. The zero-order valence-corrected chi connectivity index (χ0v) is 10.3. The Balaban J connectivity index is 2.24. The Hall–Kier alpha value is -2.16. The molecule has 2 aromatic rings. The van der Waals surface area contributed by atoms with Gasteiger partial charge in [-0.3, -0.25) is 4.79 Å². The van der Waals surface area contributed by atoms with Crippen molar-refractivity contribution in [2.75, 3.05) is 5.32 Å². The highest BCUT2D eigenvalue weighted by Gasteiger charge is 2.08. The van der Waals surface area contributed by atoms with Crippen molar-refractivity contribution in [3.8, 4) is 0 Å². The standard InChI is InChI=1S/C15H14FNO/c1-10-4-3-5-12(8-10)15(18)17-14-9-13(16)7-6-11(14)2/h3-9H,1-2H3,(H,17,18). The lowest BCUT2D eigenvalue weighted by Crippen LogP contribution is -2.13. The molecule has 1 amide bonds. The normalized spacial score (nSPS) is 10.2. The molecule has 2 aromatic carbocycles. The van der Waals surface area contributed by atoms with Crippen LogP contribution in [-0.2, 0) is 0 Å². The van der Waals surface area contributed by atoms with Crippen LogP contribution in [0.3, 0.4) is 0 Å². The van der Waals surface area contributed by atoms with E-state index in [-0.39, 0.29) is 11.7 Å². The average molecular weight is 243 g/mol. The molecule has 2 rings (SSSR count). The minimum atomic E-state index is -0.361. The lowest BCUT2D eigenvalue weighted by Gasteiger charge is -2.08. The van der Waals surface area contributed by atoms with Crippen molar-refractivity contribution in [2.45, 2.75) is 13.8 Å². The molecule has 0 aliphatic rings. The Morgan fingerprint density at radius 1 is 1.11 bits per heavy atom. The van der Waals surface area contributed by atoms with Gasteiger partial charge in [0, 0.05) is 11.3 Å². The van der Waals surface area contributed by atoms with E-state index in [4.69, 9.17) is 0 Å². The van der Waals surface area contributed by atoms with Crippen molar-refractivity contribution in [3.05, 3.63) is 65.0 Å². The van der Waals surface area contributed by atoms with Gasteiger partial charge in [-0.15, -0.1) is 0 Å². The SMILES string of the molecule is Cc1cccc(C(=O)Nc2cc(F)ccc2C)c1. The van der Waals surface area contributed by atoms with Crippen molar-refractivity contribution in [3.63, 3.8) is 0 Å². The third kappa shape index (κ3) is 2.74. The van der Waals surface area contributed by atoms with Crippen LogP contribution in [0.25, 0.3) is 0 Å². The van der Waals surface area contributed by atoms with E-state index in [0.717, 1.165) is 11.1 Å². The van der Waals surface area contributed by atoms with Crippen LogP contribution in [0.5, 0.6) is 0 Å². The highest BCUT2D eigenvalue weighted by atomic mass is 19.1. The van der Waals surface area contributed by atoms with E-state index in [1.54, 1.807) is 18.2 Å². The first kappa shape index (κ1) is 12.3. The van der Waals surface area contributed by atoms with E-state index in [2.05, 4.69) is 5.32 Å². The summed E-state index contributed by atoms with van der Waals surface area (Å²) in [7, 11) is 0.